The van der Waals surface area contributed by atoms with E-state index in [0.717, 1.165) is 48.7 Å². The minimum atomic E-state index is 0.726. The highest BCUT2D eigenvalue weighted by atomic mass is 14.8. The van der Waals surface area contributed by atoms with Crippen molar-refractivity contribution in [2.24, 2.45) is 9.98 Å². The van der Waals surface area contributed by atoms with Gasteiger partial charge in [-0.15, -0.1) is 0 Å². The normalized spacial score (nSPS) is 11.5. The van der Waals surface area contributed by atoms with Gasteiger partial charge >= 0.3 is 0 Å². The molecule has 0 aliphatic heterocycles. The van der Waals surface area contributed by atoms with Gasteiger partial charge in [-0.2, -0.15) is 0 Å². The van der Waals surface area contributed by atoms with Crippen molar-refractivity contribution in [1.82, 2.24) is 15.0 Å². The van der Waals surface area contributed by atoms with Gasteiger partial charge in [0.2, 0.25) is 0 Å². The zero-order valence-corrected chi connectivity index (χ0v) is 14.0. The lowest BCUT2D eigenvalue weighted by molar-refractivity contribution is 0.926. The summed E-state index contributed by atoms with van der Waals surface area (Å²) in [6.45, 7) is 1.45. The van der Waals surface area contributed by atoms with E-state index in [2.05, 4.69) is 24.9 Å². The average Bonchev–Trinajstić information content (AvgIpc) is 3.12. The minimum absolute atomic E-state index is 0.726. The Balaban J connectivity index is 1.42. The Morgan fingerprint density at radius 2 is 1.24 bits per heavy atom. The summed E-state index contributed by atoms with van der Waals surface area (Å²) in [7, 11) is 0. The maximum absolute atomic E-state index is 4.44. The van der Waals surface area contributed by atoms with Gasteiger partial charge in [-0.25, -0.2) is 0 Å². The molecule has 5 nitrogen and oxygen atoms in total. The molecule has 0 atom stereocenters. The van der Waals surface area contributed by atoms with E-state index >= 15 is 0 Å². The van der Waals surface area contributed by atoms with Gasteiger partial charge in [0.1, 0.15) is 0 Å². The Labute approximate surface area is 147 Å². The highest BCUT2D eigenvalue weighted by Crippen LogP contribution is 1.99. The van der Waals surface area contributed by atoms with Gasteiger partial charge in [0, 0.05) is 62.1 Å². The largest absolute Gasteiger partial charge is 0.353 e. The number of nitrogens with one attached hydrogen (secondary N) is 1. The molecular formula is C20H21N5. The second kappa shape index (κ2) is 9.27. The number of aromatic nitrogens is 3. The maximum atomic E-state index is 4.44. The lowest BCUT2D eigenvalue weighted by Gasteiger charge is -1.95. The average molecular weight is 331 g/mol. The Morgan fingerprint density at radius 3 is 1.68 bits per heavy atom. The molecular weight excluding hydrogens is 310 g/mol. The molecule has 3 heterocycles. The van der Waals surface area contributed by atoms with Gasteiger partial charge in [-0.05, 0) is 36.4 Å². The van der Waals surface area contributed by atoms with Crippen LogP contribution in [0.15, 0.2) is 70.9 Å². The molecule has 3 aromatic rings. The third kappa shape index (κ3) is 5.80. The van der Waals surface area contributed by atoms with Crippen LogP contribution in [-0.2, 0) is 12.8 Å². The van der Waals surface area contributed by atoms with Crippen molar-refractivity contribution >= 4 is 12.4 Å². The molecule has 126 valence electrons. The first-order valence-electron chi connectivity index (χ1n) is 8.38. The summed E-state index contributed by atoms with van der Waals surface area (Å²) in [5, 5.41) is 0. The summed E-state index contributed by atoms with van der Waals surface area (Å²) in [6, 6.07) is 15.9. The van der Waals surface area contributed by atoms with Crippen LogP contribution in [-0.4, -0.2) is 40.5 Å². The van der Waals surface area contributed by atoms with E-state index in [9.17, 15) is 0 Å². The van der Waals surface area contributed by atoms with Crippen molar-refractivity contribution in [2.45, 2.75) is 12.8 Å². The van der Waals surface area contributed by atoms with Gasteiger partial charge in [0.15, 0.2) is 0 Å². The summed E-state index contributed by atoms with van der Waals surface area (Å²) in [4.78, 5) is 20.7. The number of aliphatic imine (C=N–C) groups is 2. The van der Waals surface area contributed by atoms with Gasteiger partial charge in [-0.1, -0.05) is 12.1 Å². The van der Waals surface area contributed by atoms with Crippen molar-refractivity contribution in [3.8, 4) is 0 Å². The topological polar surface area (TPSA) is 66.3 Å². The van der Waals surface area contributed by atoms with E-state index in [1.807, 2.05) is 73.4 Å². The highest BCUT2D eigenvalue weighted by molar-refractivity contribution is 5.83. The third-order valence-electron chi connectivity index (χ3n) is 3.64. The quantitative estimate of drug-likeness (QED) is 0.644. The molecule has 3 aromatic heterocycles. The Morgan fingerprint density at radius 1 is 0.720 bits per heavy atom. The summed E-state index contributed by atoms with van der Waals surface area (Å²) >= 11 is 0. The molecule has 0 amide bonds. The van der Waals surface area contributed by atoms with Crippen molar-refractivity contribution in [3.63, 3.8) is 0 Å². The molecule has 0 radical (unpaired) electrons. The van der Waals surface area contributed by atoms with Crippen molar-refractivity contribution < 1.29 is 0 Å². The SMILES string of the molecule is C(=NCCc1ccccn1)c1ccc(C=NCCc2ccccn2)[nH]1. The number of nitrogens with zero attached hydrogens (tertiary/aromatic N) is 4. The Hall–Kier alpha value is -3.08. The van der Waals surface area contributed by atoms with Crippen LogP contribution < -0.4 is 0 Å². The fraction of sp³-hybridized carbons (Fsp3) is 0.200. The predicted molar refractivity (Wildman–Crippen MR) is 102 cm³/mol. The minimum Gasteiger partial charge on any atom is -0.353 e. The van der Waals surface area contributed by atoms with Crippen LogP contribution >= 0.6 is 0 Å². The summed E-state index contributed by atoms with van der Waals surface area (Å²) in [5.74, 6) is 0. The van der Waals surface area contributed by atoms with Crippen molar-refractivity contribution in [2.75, 3.05) is 13.1 Å². The fourth-order valence-corrected chi connectivity index (χ4v) is 2.36. The van der Waals surface area contributed by atoms with Gasteiger partial charge < -0.3 is 4.98 Å². The van der Waals surface area contributed by atoms with Crippen LogP contribution in [0.5, 0.6) is 0 Å². The van der Waals surface area contributed by atoms with E-state index < -0.39 is 0 Å². The lowest BCUT2D eigenvalue weighted by atomic mass is 10.3. The van der Waals surface area contributed by atoms with Gasteiger partial charge in [0.25, 0.3) is 0 Å². The van der Waals surface area contributed by atoms with E-state index in [1.54, 1.807) is 0 Å². The molecule has 0 spiro atoms. The molecule has 0 fully saturated rings. The molecule has 1 N–H and O–H groups in total. The molecule has 0 saturated carbocycles. The molecule has 0 saturated heterocycles. The first-order chi connectivity index (χ1) is 12.4. The number of H-pyrrole nitrogens is 1. The summed E-state index contributed by atoms with van der Waals surface area (Å²) in [6.07, 6.45) is 9.02. The molecule has 5 heteroatoms. The Kier molecular flexibility index (Phi) is 6.22. The van der Waals surface area contributed by atoms with Crippen LogP contribution in [0.25, 0.3) is 0 Å². The van der Waals surface area contributed by atoms with Crippen LogP contribution in [0.3, 0.4) is 0 Å². The maximum Gasteiger partial charge on any atom is 0.0566 e. The van der Waals surface area contributed by atoms with E-state index in [1.165, 1.54) is 0 Å². The molecule has 0 aromatic carbocycles. The van der Waals surface area contributed by atoms with E-state index in [0.29, 0.717) is 0 Å². The molecule has 25 heavy (non-hydrogen) atoms. The Bertz CT molecular complexity index is 738. The van der Waals surface area contributed by atoms with Crippen LogP contribution in [0.1, 0.15) is 22.8 Å². The summed E-state index contributed by atoms with van der Waals surface area (Å²) < 4.78 is 0. The van der Waals surface area contributed by atoms with Gasteiger partial charge in [-0.3, -0.25) is 20.0 Å². The molecule has 0 unspecified atom stereocenters. The number of aromatic amines is 1. The first-order valence-corrected chi connectivity index (χ1v) is 8.38. The molecule has 0 aliphatic rings. The monoisotopic (exact) mass is 331 g/mol. The third-order valence-corrected chi connectivity index (χ3v) is 3.64. The van der Waals surface area contributed by atoms with Gasteiger partial charge in [0.05, 0.1) is 11.4 Å². The number of hydrogen-bond acceptors (Lipinski definition) is 4. The summed E-state index contributed by atoms with van der Waals surface area (Å²) in [5.41, 5.74) is 4.08. The second-order valence-electron chi connectivity index (χ2n) is 5.58. The van der Waals surface area contributed by atoms with Crippen molar-refractivity contribution in [3.05, 3.63) is 83.7 Å². The highest BCUT2D eigenvalue weighted by Gasteiger charge is 1.95. The number of pyridine rings is 2. The van der Waals surface area contributed by atoms with Crippen molar-refractivity contribution in [1.29, 1.82) is 0 Å². The fourth-order valence-electron chi connectivity index (χ4n) is 2.36. The second-order valence-corrected chi connectivity index (χ2v) is 5.58. The zero-order chi connectivity index (χ0) is 17.2. The smallest absolute Gasteiger partial charge is 0.0566 e. The predicted octanol–water partition coefficient (Wildman–Crippen LogP) is 3.13. The van der Waals surface area contributed by atoms with Crippen LogP contribution in [0.4, 0.5) is 0 Å². The lowest BCUT2D eigenvalue weighted by Crippen LogP contribution is -1.94. The number of rotatable bonds is 8. The standard InChI is InChI=1S/C20H21N5/c1-3-11-23-17(5-1)9-13-21-15-19-7-8-20(25-19)16-22-14-10-18-6-2-4-12-24-18/h1-8,11-12,15-16,25H,9-10,13-14H2. The first kappa shape index (κ1) is 16.8. The van der Waals surface area contributed by atoms with E-state index in [-0.39, 0.29) is 0 Å². The van der Waals surface area contributed by atoms with Crippen LogP contribution in [0, 0.1) is 0 Å². The molecule has 0 aliphatic carbocycles. The van der Waals surface area contributed by atoms with Crippen LogP contribution in [0.2, 0.25) is 0 Å². The zero-order valence-electron chi connectivity index (χ0n) is 14.0. The van der Waals surface area contributed by atoms with E-state index in [4.69, 9.17) is 0 Å². The molecule has 0 bridgehead atoms. The molecule has 3 rings (SSSR count). The number of hydrogen-bond donors (Lipinski definition) is 1.